The Balaban J connectivity index is 1.83. The summed E-state index contributed by atoms with van der Waals surface area (Å²) >= 11 is 0. The van der Waals surface area contributed by atoms with Crippen LogP contribution in [0.1, 0.15) is 11.1 Å². The van der Waals surface area contributed by atoms with Crippen molar-refractivity contribution in [3.63, 3.8) is 0 Å². The number of nitrogens with one attached hydrogen (secondary N) is 1. The lowest BCUT2D eigenvalue weighted by Gasteiger charge is -2.18. The van der Waals surface area contributed by atoms with E-state index in [2.05, 4.69) is 58.7 Å². The van der Waals surface area contributed by atoms with Crippen molar-refractivity contribution in [2.24, 2.45) is 0 Å². The minimum Gasteiger partial charge on any atom is -0.388 e. The van der Waals surface area contributed by atoms with E-state index in [9.17, 15) is 0 Å². The largest absolute Gasteiger partial charge is 0.388 e. The molecule has 0 aromatic heterocycles. The molecule has 2 heteroatoms. The number of benzene rings is 2. The lowest BCUT2D eigenvalue weighted by atomic mass is 10.1. The minimum absolute atomic E-state index is 1.02. The quantitative estimate of drug-likeness (QED) is 0.842. The summed E-state index contributed by atoms with van der Waals surface area (Å²) in [7, 11) is 1.95. The van der Waals surface area contributed by atoms with Gasteiger partial charge in [0.15, 0.2) is 0 Å². The monoisotopic (exact) mass is 224 g/mol. The Hall–Kier alpha value is -1.96. The Morgan fingerprint density at radius 2 is 1.47 bits per heavy atom. The van der Waals surface area contributed by atoms with Crippen LogP contribution in [0.3, 0.4) is 0 Å². The van der Waals surface area contributed by atoms with Gasteiger partial charge in [-0.3, -0.25) is 0 Å². The molecule has 2 aromatic rings. The van der Waals surface area contributed by atoms with Gasteiger partial charge in [-0.1, -0.05) is 24.3 Å². The van der Waals surface area contributed by atoms with Crippen LogP contribution < -0.4 is 10.2 Å². The van der Waals surface area contributed by atoms with Crippen LogP contribution in [0.15, 0.2) is 48.5 Å². The summed E-state index contributed by atoms with van der Waals surface area (Å²) in [5.41, 5.74) is 5.35. The van der Waals surface area contributed by atoms with E-state index in [0.29, 0.717) is 0 Å². The zero-order valence-electron chi connectivity index (χ0n) is 9.98. The highest BCUT2D eigenvalue weighted by Gasteiger charge is 2.17. The maximum Gasteiger partial charge on any atom is 0.0436 e. The van der Waals surface area contributed by atoms with Crippen LogP contribution >= 0.6 is 0 Å². The molecule has 17 heavy (non-hydrogen) atoms. The molecule has 3 rings (SSSR count). The molecule has 2 nitrogen and oxygen atoms in total. The summed E-state index contributed by atoms with van der Waals surface area (Å²) in [5.74, 6) is 0. The highest BCUT2D eigenvalue weighted by atomic mass is 15.1. The molecule has 0 fully saturated rings. The Bertz CT molecular complexity index is 492. The van der Waals surface area contributed by atoms with E-state index >= 15 is 0 Å². The van der Waals surface area contributed by atoms with E-state index in [4.69, 9.17) is 0 Å². The van der Waals surface area contributed by atoms with Crippen molar-refractivity contribution in [3.05, 3.63) is 59.7 Å². The van der Waals surface area contributed by atoms with Crippen molar-refractivity contribution >= 4 is 11.4 Å². The fraction of sp³-hybridized carbons (Fsp3) is 0.200. The van der Waals surface area contributed by atoms with Crippen molar-refractivity contribution in [3.8, 4) is 0 Å². The van der Waals surface area contributed by atoms with Crippen LogP contribution in [0.4, 0.5) is 11.4 Å². The lowest BCUT2D eigenvalue weighted by molar-refractivity contribution is 0.881. The van der Waals surface area contributed by atoms with Gasteiger partial charge in [0.05, 0.1) is 0 Å². The first-order valence-corrected chi connectivity index (χ1v) is 5.96. The molecular formula is C15H16N2. The first-order chi connectivity index (χ1) is 8.36. The Morgan fingerprint density at radius 1 is 0.882 bits per heavy atom. The fourth-order valence-corrected chi connectivity index (χ4v) is 2.35. The third-order valence-electron chi connectivity index (χ3n) is 3.36. The molecule has 0 unspecified atom stereocenters. The van der Waals surface area contributed by atoms with Crippen molar-refractivity contribution in [1.29, 1.82) is 0 Å². The van der Waals surface area contributed by atoms with Gasteiger partial charge in [-0.2, -0.15) is 0 Å². The zero-order valence-corrected chi connectivity index (χ0v) is 9.98. The Labute approximate surface area is 102 Å². The number of fused-ring (bicyclic) bond motifs is 1. The molecule has 2 aromatic carbocycles. The van der Waals surface area contributed by atoms with Crippen LogP contribution in [0, 0.1) is 0 Å². The van der Waals surface area contributed by atoms with E-state index < -0.39 is 0 Å². The maximum atomic E-state index is 3.14. The summed E-state index contributed by atoms with van der Waals surface area (Å²) in [5, 5.41) is 3.14. The summed E-state index contributed by atoms with van der Waals surface area (Å²) in [4.78, 5) is 2.41. The molecule has 1 aliphatic heterocycles. The van der Waals surface area contributed by atoms with Crippen molar-refractivity contribution in [1.82, 2.24) is 0 Å². The third-order valence-corrected chi connectivity index (χ3v) is 3.36. The first kappa shape index (κ1) is 10.2. The minimum atomic E-state index is 1.02. The molecule has 1 heterocycles. The number of rotatable bonds is 2. The van der Waals surface area contributed by atoms with Crippen LogP contribution in [0.2, 0.25) is 0 Å². The van der Waals surface area contributed by atoms with E-state index in [1.54, 1.807) is 0 Å². The van der Waals surface area contributed by atoms with Crippen molar-refractivity contribution in [2.45, 2.75) is 13.1 Å². The highest BCUT2D eigenvalue weighted by Crippen LogP contribution is 2.28. The van der Waals surface area contributed by atoms with Gasteiger partial charge in [0.2, 0.25) is 0 Å². The number of anilines is 2. The molecule has 0 aliphatic carbocycles. The maximum absolute atomic E-state index is 3.14. The summed E-state index contributed by atoms with van der Waals surface area (Å²) in [6.45, 7) is 2.05. The lowest BCUT2D eigenvalue weighted by Crippen LogP contribution is -2.14. The standard InChI is InChI=1S/C15H16N2/c1-16-14-6-8-15(9-7-14)17-10-12-4-2-3-5-13(12)11-17/h2-9,16H,10-11H2,1H3. The topological polar surface area (TPSA) is 15.3 Å². The normalized spacial score (nSPS) is 13.6. The van der Waals surface area contributed by atoms with Gasteiger partial charge in [-0.05, 0) is 35.4 Å². The van der Waals surface area contributed by atoms with E-state index in [-0.39, 0.29) is 0 Å². The van der Waals surface area contributed by atoms with Gasteiger partial charge in [0.25, 0.3) is 0 Å². The van der Waals surface area contributed by atoms with Gasteiger partial charge in [0.1, 0.15) is 0 Å². The third kappa shape index (κ3) is 1.86. The van der Waals surface area contributed by atoms with Crippen molar-refractivity contribution < 1.29 is 0 Å². The molecule has 0 spiro atoms. The second-order valence-electron chi connectivity index (χ2n) is 4.42. The SMILES string of the molecule is CNc1ccc(N2Cc3ccccc3C2)cc1. The molecular weight excluding hydrogens is 208 g/mol. The second kappa shape index (κ2) is 4.13. The summed E-state index contributed by atoms with van der Waals surface area (Å²) < 4.78 is 0. The number of hydrogen-bond donors (Lipinski definition) is 1. The predicted octanol–water partition coefficient (Wildman–Crippen LogP) is 3.25. The average molecular weight is 224 g/mol. The van der Waals surface area contributed by atoms with Crippen LogP contribution in [0.5, 0.6) is 0 Å². The van der Waals surface area contributed by atoms with Gasteiger partial charge >= 0.3 is 0 Å². The van der Waals surface area contributed by atoms with Crippen LogP contribution in [0.25, 0.3) is 0 Å². The summed E-state index contributed by atoms with van der Waals surface area (Å²) in [6.07, 6.45) is 0. The average Bonchev–Trinajstić information content (AvgIpc) is 2.82. The van der Waals surface area contributed by atoms with Crippen molar-refractivity contribution in [2.75, 3.05) is 17.3 Å². The van der Waals surface area contributed by atoms with Gasteiger partial charge in [-0.25, -0.2) is 0 Å². The molecule has 0 amide bonds. The Morgan fingerprint density at radius 3 is 2.00 bits per heavy atom. The van der Waals surface area contributed by atoms with Gasteiger partial charge in [-0.15, -0.1) is 0 Å². The highest BCUT2D eigenvalue weighted by molar-refractivity contribution is 5.57. The fourth-order valence-electron chi connectivity index (χ4n) is 2.35. The molecule has 0 radical (unpaired) electrons. The van der Waals surface area contributed by atoms with E-state index in [0.717, 1.165) is 18.8 Å². The second-order valence-corrected chi connectivity index (χ2v) is 4.42. The molecule has 1 N–H and O–H groups in total. The Kier molecular flexibility index (Phi) is 2.48. The molecule has 0 bridgehead atoms. The molecule has 86 valence electrons. The molecule has 1 aliphatic rings. The summed E-state index contributed by atoms with van der Waals surface area (Å²) in [6, 6.07) is 17.3. The zero-order chi connectivity index (χ0) is 11.7. The van der Waals surface area contributed by atoms with Crippen LogP contribution in [-0.4, -0.2) is 7.05 Å². The molecule has 0 saturated heterocycles. The van der Waals surface area contributed by atoms with E-state index in [1.165, 1.54) is 16.8 Å². The van der Waals surface area contributed by atoms with E-state index in [1.807, 2.05) is 7.05 Å². The molecule has 0 atom stereocenters. The predicted molar refractivity (Wildman–Crippen MR) is 72.3 cm³/mol. The first-order valence-electron chi connectivity index (χ1n) is 5.96. The van der Waals surface area contributed by atoms with Crippen LogP contribution in [-0.2, 0) is 13.1 Å². The van der Waals surface area contributed by atoms with Gasteiger partial charge < -0.3 is 10.2 Å². The van der Waals surface area contributed by atoms with Gasteiger partial charge in [0, 0.05) is 31.5 Å². The molecule has 0 saturated carbocycles. The number of hydrogen-bond acceptors (Lipinski definition) is 2. The number of nitrogens with zero attached hydrogens (tertiary/aromatic N) is 1. The smallest absolute Gasteiger partial charge is 0.0436 e.